The van der Waals surface area contributed by atoms with E-state index in [0.29, 0.717) is 12.0 Å². The number of likely N-dealkylation sites (tertiary alicyclic amines) is 1. The monoisotopic (exact) mass is 408 g/mol. The van der Waals surface area contributed by atoms with Gasteiger partial charge in [-0.3, -0.25) is 0 Å². The Hall–Kier alpha value is -1.39. The molecule has 2 aliphatic heterocycles. The van der Waals surface area contributed by atoms with Gasteiger partial charge < -0.3 is 14.8 Å². The molecule has 0 radical (unpaired) electrons. The van der Waals surface area contributed by atoms with Crippen LogP contribution in [0.1, 0.15) is 88.4 Å². The van der Waals surface area contributed by atoms with E-state index in [2.05, 4.69) is 39.0 Å². The lowest BCUT2D eigenvalue weighted by Crippen LogP contribution is -2.38. The van der Waals surface area contributed by atoms with E-state index < -0.39 is 0 Å². The van der Waals surface area contributed by atoms with Crippen LogP contribution in [0.2, 0.25) is 0 Å². The maximum absolute atomic E-state index is 5.15. The van der Waals surface area contributed by atoms with E-state index in [1.807, 2.05) is 0 Å². The number of piperidine rings is 2. The molecule has 3 fully saturated rings. The van der Waals surface area contributed by atoms with Gasteiger partial charge in [-0.05, 0) is 63.1 Å². The number of fused-ring (bicyclic) bond motifs is 1. The van der Waals surface area contributed by atoms with Crippen molar-refractivity contribution in [2.45, 2.75) is 82.6 Å². The molecule has 3 aliphatic rings. The summed E-state index contributed by atoms with van der Waals surface area (Å²) in [6, 6.07) is 9.44. The summed E-state index contributed by atoms with van der Waals surface area (Å²) in [6.45, 7) is 6.11. The first-order valence-electron chi connectivity index (χ1n) is 12.8. The molecular weight excluding hydrogens is 368 g/mol. The van der Waals surface area contributed by atoms with Gasteiger partial charge in [0.2, 0.25) is 0 Å². The molecule has 0 amide bonds. The van der Waals surface area contributed by atoms with Crippen molar-refractivity contribution in [3.8, 4) is 0 Å². The van der Waals surface area contributed by atoms with Crippen LogP contribution in [0.3, 0.4) is 0 Å². The Bertz CT molecular complexity index is 790. The van der Waals surface area contributed by atoms with Crippen molar-refractivity contribution < 1.29 is 0 Å². The van der Waals surface area contributed by atoms with Gasteiger partial charge in [-0.15, -0.1) is 0 Å². The van der Waals surface area contributed by atoms with Gasteiger partial charge in [-0.2, -0.15) is 0 Å². The Morgan fingerprint density at radius 1 is 0.867 bits per heavy atom. The highest BCUT2D eigenvalue weighted by Crippen LogP contribution is 2.34. The summed E-state index contributed by atoms with van der Waals surface area (Å²) in [6.07, 6.45) is 15.3. The minimum atomic E-state index is 0.569. The predicted molar refractivity (Wildman–Crippen MR) is 125 cm³/mol. The van der Waals surface area contributed by atoms with E-state index in [0.717, 1.165) is 19.0 Å². The second-order valence-corrected chi connectivity index (χ2v) is 10.1. The molecule has 4 heteroatoms. The summed E-state index contributed by atoms with van der Waals surface area (Å²) in [5.74, 6) is 2.86. The zero-order valence-electron chi connectivity index (χ0n) is 18.7. The summed E-state index contributed by atoms with van der Waals surface area (Å²) < 4.78 is 2.65. The third kappa shape index (κ3) is 4.60. The Morgan fingerprint density at radius 2 is 1.63 bits per heavy atom. The Balaban J connectivity index is 1.28. The maximum atomic E-state index is 5.15. The smallest absolute Gasteiger partial charge is 0.114 e. The molecule has 2 saturated heterocycles. The number of rotatable bonds is 4. The molecule has 1 atom stereocenters. The first-order valence-corrected chi connectivity index (χ1v) is 12.8. The zero-order chi connectivity index (χ0) is 20.2. The van der Waals surface area contributed by atoms with Gasteiger partial charge in [0.05, 0.1) is 11.0 Å². The number of nitrogens with one attached hydrogen (secondary N) is 1. The quantitative estimate of drug-likeness (QED) is 0.725. The molecule has 1 aromatic heterocycles. The summed E-state index contributed by atoms with van der Waals surface area (Å²) in [4.78, 5) is 7.93. The third-order valence-corrected chi connectivity index (χ3v) is 7.95. The Morgan fingerprint density at radius 3 is 2.40 bits per heavy atom. The SMILES string of the molecule is c1ccc2c(c1)nc([C@@H]1CCCNC1)n2C1CCN(CC2CCCCCCC2)CC1. The summed E-state index contributed by atoms with van der Waals surface area (Å²) in [5, 5.41) is 3.61. The van der Waals surface area contributed by atoms with Crippen molar-refractivity contribution >= 4 is 11.0 Å². The van der Waals surface area contributed by atoms with Crippen molar-refractivity contribution in [1.29, 1.82) is 0 Å². The Kier molecular flexibility index (Phi) is 6.72. The molecule has 0 unspecified atom stereocenters. The molecule has 2 aromatic rings. The molecular formula is C26H40N4. The van der Waals surface area contributed by atoms with E-state index in [9.17, 15) is 0 Å². The highest BCUT2D eigenvalue weighted by Gasteiger charge is 2.29. The highest BCUT2D eigenvalue weighted by molar-refractivity contribution is 5.76. The molecule has 3 heterocycles. The average molecular weight is 409 g/mol. The molecule has 164 valence electrons. The lowest BCUT2D eigenvalue weighted by Gasteiger charge is -2.36. The van der Waals surface area contributed by atoms with Crippen molar-refractivity contribution in [2.24, 2.45) is 5.92 Å². The summed E-state index contributed by atoms with van der Waals surface area (Å²) in [7, 11) is 0. The van der Waals surface area contributed by atoms with Gasteiger partial charge in [-0.1, -0.05) is 44.2 Å². The van der Waals surface area contributed by atoms with Crippen LogP contribution >= 0.6 is 0 Å². The number of nitrogens with zero attached hydrogens (tertiary/aromatic N) is 3. The predicted octanol–water partition coefficient (Wildman–Crippen LogP) is 5.50. The molecule has 0 spiro atoms. The molecule has 0 bridgehead atoms. The van der Waals surface area contributed by atoms with Gasteiger partial charge in [0.25, 0.3) is 0 Å². The van der Waals surface area contributed by atoms with Gasteiger partial charge in [0.1, 0.15) is 5.82 Å². The molecule has 1 aliphatic carbocycles. The summed E-state index contributed by atoms with van der Waals surface area (Å²) >= 11 is 0. The molecule has 1 N–H and O–H groups in total. The number of benzene rings is 1. The van der Waals surface area contributed by atoms with E-state index in [1.54, 1.807) is 0 Å². The largest absolute Gasteiger partial charge is 0.324 e. The Labute approximate surface area is 182 Å². The first kappa shape index (κ1) is 20.5. The summed E-state index contributed by atoms with van der Waals surface area (Å²) in [5.41, 5.74) is 2.55. The zero-order valence-corrected chi connectivity index (χ0v) is 18.7. The van der Waals surface area contributed by atoms with E-state index in [-0.39, 0.29) is 0 Å². The number of aromatic nitrogens is 2. The van der Waals surface area contributed by atoms with Gasteiger partial charge in [-0.25, -0.2) is 4.98 Å². The highest BCUT2D eigenvalue weighted by atomic mass is 15.2. The van der Waals surface area contributed by atoms with Crippen LogP contribution in [-0.4, -0.2) is 47.2 Å². The van der Waals surface area contributed by atoms with Crippen molar-refractivity contribution in [1.82, 2.24) is 19.8 Å². The van der Waals surface area contributed by atoms with Crippen molar-refractivity contribution in [3.05, 3.63) is 30.1 Å². The number of hydrogen-bond donors (Lipinski definition) is 1. The topological polar surface area (TPSA) is 33.1 Å². The number of imidazole rings is 1. The van der Waals surface area contributed by atoms with E-state index in [1.165, 1.54) is 107 Å². The lowest BCUT2D eigenvalue weighted by atomic mass is 9.90. The normalized spacial score (nSPS) is 25.9. The second-order valence-electron chi connectivity index (χ2n) is 10.1. The minimum absolute atomic E-state index is 0.569. The van der Waals surface area contributed by atoms with Crippen LogP contribution < -0.4 is 5.32 Å². The lowest BCUT2D eigenvalue weighted by molar-refractivity contribution is 0.151. The van der Waals surface area contributed by atoms with E-state index >= 15 is 0 Å². The van der Waals surface area contributed by atoms with Crippen LogP contribution in [0.25, 0.3) is 11.0 Å². The van der Waals surface area contributed by atoms with Crippen LogP contribution in [0, 0.1) is 5.92 Å². The minimum Gasteiger partial charge on any atom is -0.324 e. The van der Waals surface area contributed by atoms with Crippen molar-refractivity contribution in [3.63, 3.8) is 0 Å². The van der Waals surface area contributed by atoms with Gasteiger partial charge in [0.15, 0.2) is 0 Å². The number of hydrogen-bond acceptors (Lipinski definition) is 3. The molecule has 5 rings (SSSR count). The van der Waals surface area contributed by atoms with Crippen LogP contribution in [-0.2, 0) is 0 Å². The fraction of sp³-hybridized carbons (Fsp3) is 0.731. The van der Waals surface area contributed by atoms with Gasteiger partial charge in [0, 0.05) is 38.1 Å². The molecule has 1 aromatic carbocycles. The molecule has 4 nitrogen and oxygen atoms in total. The molecule has 1 saturated carbocycles. The maximum Gasteiger partial charge on any atom is 0.114 e. The second kappa shape index (κ2) is 9.82. The fourth-order valence-corrected chi connectivity index (χ4v) is 6.26. The van der Waals surface area contributed by atoms with Crippen LogP contribution in [0.15, 0.2) is 24.3 Å². The van der Waals surface area contributed by atoms with Gasteiger partial charge >= 0.3 is 0 Å². The van der Waals surface area contributed by atoms with Crippen molar-refractivity contribution in [2.75, 3.05) is 32.7 Å². The van der Waals surface area contributed by atoms with Crippen LogP contribution in [0.5, 0.6) is 0 Å². The standard InChI is InChI=1S/C26H40N4/c1-2-4-9-21(10-5-3-1)20-29-17-14-23(15-18-29)30-25-13-7-6-12-24(25)28-26(30)22-11-8-16-27-19-22/h6-7,12-13,21-23,27H,1-5,8-11,14-20H2/t22-/m1/s1. The first-order chi connectivity index (χ1) is 14.9. The molecule has 30 heavy (non-hydrogen) atoms. The average Bonchev–Trinajstić information content (AvgIpc) is 3.16. The fourth-order valence-electron chi connectivity index (χ4n) is 6.26. The number of para-hydroxylation sites is 2. The third-order valence-electron chi connectivity index (χ3n) is 7.95. The van der Waals surface area contributed by atoms with Crippen LogP contribution in [0.4, 0.5) is 0 Å². The van der Waals surface area contributed by atoms with E-state index in [4.69, 9.17) is 4.98 Å².